The zero-order chi connectivity index (χ0) is 11.4. The summed E-state index contributed by atoms with van der Waals surface area (Å²) in [6.07, 6.45) is 5.65. The van der Waals surface area contributed by atoms with Crippen molar-refractivity contribution in [3.05, 3.63) is 30.1 Å². The van der Waals surface area contributed by atoms with E-state index in [1.54, 1.807) is 0 Å². The van der Waals surface area contributed by atoms with Crippen molar-refractivity contribution in [1.82, 2.24) is 15.2 Å². The SMILES string of the molecule is CN(C)C(CC1CCCN1)c1ccccn1. The Morgan fingerprint density at radius 1 is 1.50 bits per heavy atom. The number of hydrogen-bond donors (Lipinski definition) is 1. The van der Waals surface area contributed by atoms with Gasteiger partial charge in [-0.25, -0.2) is 0 Å². The highest BCUT2D eigenvalue weighted by atomic mass is 15.1. The van der Waals surface area contributed by atoms with Gasteiger partial charge in [0.25, 0.3) is 0 Å². The Labute approximate surface area is 97.9 Å². The first kappa shape index (κ1) is 11.6. The van der Waals surface area contributed by atoms with E-state index in [1.165, 1.54) is 25.1 Å². The third-order valence-corrected chi connectivity index (χ3v) is 3.32. The summed E-state index contributed by atoms with van der Waals surface area (Å²) < 4.78 is 0. The van der Waals surface area contributed by atoms with Crippen LogP contribution in [0, 0.1) is 0 Å². The van der Waals surface area contributed by atoms with Gasteiger partial charge in [-0.05, 0) is 52.0 Å². The Bertz CT molecular complexity index is 304. The molecule has 1 aliphatic rings. The maximum Gasteiger partial charge on any atom is 0.0575 e. The topological polar surface area (TPSA) is 28.2 Å². The van der Waals surface area contributed by atoms with Crippen LogP contribution in [0.25, 0.3) is 0 Å². The number of pyridine rings is 1. The summed E-state index contributed by atoms with van der Waals surface area (Å²) in [5.41, 5.74) is 1.18. The van der Waals surface area contributed by atoms with Gasteiger partial charge in [0.1, 0.15) is 0 Å². The lowest BCUT2D eigenvalue weighted by atomic mass is 10.0. The molecule has 0 aliphatic carbocycles. The second-order valence-corrected chi connectivity index (χ2v) is 4.76. The maximum atomic E-state index is 4.47. The Hall–Kier alpha value is -0.930. The third kappa shape index (κ3) is 2.80. The predicted molar refractivity (Wildman–Crippen MR) is 66.3 cm³/mol. The van der Waals surface area contributed by atoms with Gasteiger partial charge in [0.05, 0.1) is 11.7 Å². The van der Waals surface area contributed by atoms with Crippen molar-refractivity contribution in [3.8, 4) is 0 Å². The Morgan fingerprint density at radius 2 is 2.38 bits per heavy atom. The van der Waals surface area contributed by atoms with Crippen LogP contribution in [-0.4, -0.2) is 36.6 Å². The molecule has 1 aromatic rings. The molecule has 2 heterocycles. The zero-order valence-electron chi connectivity index (χ0n) is 10.2. The average Bonchev–Trinajstić information content (AvgIpc) is 2.79. The minimum atomic E-state index is 0.428. The largest absolute Gasteiger partial charge is 0.314 e. The summed E-state index contributed by atoms with van der Waals surface area (Å²) in [4.78, 5) is 6.74. The highest BCUT2D eigenvalue weighted by Crippen LogP contribution is 2.24. The molecule has 1 fully saturated rings. The van der Waals surface area contributed by atoms with Crippen LogP contribution in [0.2, 0.25) is 0 Å². The van der Waals surface area contributed by atoms with Gasteiger partial charge in [-0.15, -0.1) is 0 Å². The van der Waals surface area contributed by atoms with Crippen LogP contribution in [-0.2, 0) is 0 Å². The van der Waals surface area contributed by atoms with Crippen molar-refractivity contribution in [1.29, 1.82) is 0 Å². The summed E-state index contributed by atoms with van der Waals surface area (Å²) in [5.74, 6) is 0. The Kier molecular flexibility index (Phi) is 3.91. The first-order valence-corrected chi connectivity index (χ1v) is 6.08. The quantitative estimate of drug-likeness (QED) is 0.837. The number of nitrogens with one attached hydrogen (secondary N) is 1. The van der Waals surface area contributed by atoms with E-state index in [9.17, 15) is 0 Å². The molecule has 2 rings (SSSR count). The van der Waals surface area contributed by atoms with Gasteiger partial charge >= 0.3 is 0 Å². The number of aromatic nitrogens is 1. The fourth-order valence-corrected chi connectivity index (χ4v) is 2.40. The van der Waals surface area contributed by atoms with Crippen LogP contribution >= 0.6 is 0 Å². The standard InChI is InChI=1S/C13H21N3/c1-16(2)13(10-11-6-5-9-14-11)12-7-3-4-8-15-12/h3-4,7-8,11,13-14H,5-6,9-10H2,1-2H3. The lowest BCUT2D eigenvalue weighted by molar-refractivity contribution is 0.257. The molecule has 3 nitrogen and oxygen atoms in total. The van der Waals surface area contributed by atoms with E-state index in [0.29, 0.717) is 12.1 Å². The van der Waals surface area contributed by atoms with Crippen LogP contribution in [0.5, 0.6) is 0 Å². The second kappa shape index (κ2) is 5.41. The van der Waals surface area contributed by atoms with Crippen molar-refractivity contribution in [2.75, 3.05) is 20.6 Å². The normalized spacial score (nSPS) is 22.6. The summed E-state index contributed by atoms with van der Waals surface area (Å²) in [6.45, 7) is 1.17. The summed E-state index contributed by atoms with van der Waals surface area (Å²) in [6, 6.07) is 7.26. The fraction of sp³-hybridized carbons (Fsp3) is 0.615. The molecule has 16 heavy (non-hydrogen) atoms. The predicted octanol–water partition coefficient (Wildman–Crippen LogP) is 1.83. The molecule has 3 heteroatoms. The molecule has 1 aliphatic heterocycles. The lowest BCUT2D eigenvalue weighted by Crippen LogP contribution is -2.30. The van der Waals surface area contributed by atoms with Gasteiger partial charge in [-0.1, -0.05) is 6.07 Å². The molecular formula is C13H21N3. The smallest absolute Gasteiger partial charge is 0.0575 e. The molecule has 0 spiro atoms. The van der Waals surface area contributed by atoms with E-state index in [-0.39, 0.29) is 0 Å². The molecule has 1 aromatic heterocycles. The van der Waals surface area contributed by atoms with Gasteiger partial charge in [-0.2, -0.15) is 0 Å². The van der Waals surface area contributed by atoms with E-state index in [0.717, 1.165) is 6.42 Å². The van der Waals surface area contributed by atoms with Crippen LogP contribution in [0.4, 0.5) is 0 Å². The average molecular weight is 219 g/mol. The van der Waals surface area contributed by atoms with Crippen molar-refractivity contribution < 1.29 is 0 Å². The van der Waals surface area contributed by atoms with Crippen molar-refractivity contribution >= 4 is 0 Å². The lowest BCUT2D eigenvalue weighted by Gasteiger charge is -2.26. The molecule has 0 aromatic carbocycles. The van der Waals surface area contributed by atoms with Crippen molar-refractivity contribution in [2.45, 2.75) is 31.3 Å². The van der Waals surface area contributed by atoms with E-state index in [2.05, 4.69) is 41.4 Å². The second-order valence-electron chi connectivity index (χ2n) is 4.76. The molecular weight excluding hydrogens is 198 g/mol. The van der Waals surface area contributed by atoms with Gasteiger partial charge in [0, 0.05) is 12.2 Å². The monoisotopic (exact) mass is 219 g/mol. The summed E-state index contributed by atoms with van der Waals surface area (Å²) >= 11 is 0. The van der Waals surface area contributed by atoms with Gasteiger partial charge in [-0.3, -0.25) is 4.98 Å². The summed E-state index contributed by atoms with van der Waals surface area (Å²) in [7, 11) is 4.27. The molecule has 1 N–H and O–H groups in total. The van der Waals surface area contributed by atoms with Gasteiger partial charge in [0.2, 0.25) is 0 Å². The summed E-state index contributed by atoms with van der Waals surface area (Å²) in [5, 5.41) is 3.56. The minimum absolute atomic E-state index is 0.428. The molecule has 2 unspecified atom stereocenters. The minimum Gasteiger partial charge on any atom is -0.314 e. The van der Waals surface area contributed by atoms with Crippen molar-refractivity contribution in [3.63, 3.8) is 0 Å². The zero-order valence-corrected chi connectivity index (χ0v) is 10.2. The van der Waals surface area contributed by atoms with Crippen LogP contribution in [0.15, 0.2) is 24.4 Å². The van der Waals surface area contributed by atoms with Gasteiger partial charge in [0.15, 0.2) is 0 Å². The Balaban J connectivity index is 2.05. The first-order chi connectivity index (χ1) is 7.77. The van der Waals surface area contributed by atoms with Gasteiger partial charge < -0.3 is 10.2 Å². The number of nitrogens with zero attached hydrogens (tertiary/aromatic N) is 2. The molecule has 0 amide bonds. The molecule has 0 bridgehead atoms. The highest BCUT2D eigenvalue weighted by Gasteiger charge is 2.22. The van der Waals surface area contributed by atoms with Crippen molar-refractivity contribution in [2.24, 2.45) is 0 Å². The molecule has 1 saturated heterocycles. The maximum absolute atomic E-state index is 4.47. The van der Waals surface area contributed by atoms with E-state index < -0.39 is 0 Å². The van der Waals surface area contributed by atoms with E-state index in [4.69, 9.17) is 0 Å². The van der Waals surface area contributed by atoms with Crippen LogP contribution in [0.3, 0.4) is 0 Å². The van der Waals surface area contributed by atoms with Crippen LogP contribution < -0.4 is 5.32 Å². The van der Waals surface area contributed by atoms with E-state index in [1.807, 2.05) is 12.3 Å². The Morgan fingerprint density at radius 3 is 2.94 bits per heavy atom. The first-order valence-electron chi connectivity index (χ1n) is 6.08. The molecule has 0 radical (unpaired) electrons. The molecule has 0 saturated carbocycles. The number of rotatable bonds is 4. The fourth-order valence-electron chi connectivity index (χ4n) is 2.40. The van der Waals surface area contributed by atoms with Crippen LogP contribution in [0.1, 0.15) is 31.0 Å². The molecule has 2 atom stereocenters. The highest BCUT2D eigenvalue weighted by molar-refractivity contribution is 5.09. The number of hydrogen-bond acceptors (Lipinski definition) is 3. The van der Waals surface area contributed by atoms with E-state index >= 15 is 0 Å². The third-order valence-electron chi connectivity index (χ3n) is 3.32. The molecule has 88 valence electrons.